The number of piperazine rings is 1. The van der Waals surface area contributed by atoms with Gasteiger partial charge < -0.3 is 19.9 Å². The van der Waals surface area contributed by atoms with Crippen LogP contribution in [0.5, 0.6) is 0 Å². The summed E-state index contributed by atoms with van der Waals surface area (Å²) < 4.78 is 5.70. The summed E-state index contributed by atoms with van der Waals surface area (Å²) in [6, 6.07) is 10.3. The Labute approximate surface area is 167 Å². The first-order chi connectivity index (χ1) is 13.7. The van der Waals surface area contributed by atoms with Crippen LogP contribution in [0.4, 0.5) is 5.95 Å². The highest BCUT2D eigenvalue weighted by molar-refractivity contribution is 5.80. The zero-order valence-electron chi connectivity index (χ0n) is 17.0. The number of benzene rings is 1. The standard InChI is InChI=1S/C21H30N6O/c1-17(2)28-16-19-7-4-6-18(14-19)15-25-20(22-3)26-10-12-27(13-11-26)21-23-8-5-9-24-21/h4-9,14,17H,10-13,15-16H2,1-3H3,(H,22,25). The zero-order valence-corrected chi connectivity index (χ0v) is 17.0. The molecule has 1 aromatic carbocycles. The highest BCUT2D eigenvalue weighted by Gasteiger charge is 2.20. The molecular formula is C21H30N6O. The Kier molecular flexibility index (Phi) is 7.19. The molecule has 0 spiro atoms. The van der Waals surface area contributed by atoms with Crippen LogP contribution >= 0.6 is 0 Å². The van der Waals surface area contributed by atoms with Gasteiger partial charge in [-0.1, -0.05) is 24.3 Å². The van der Waals surface area contributed by atoms with Crippen LogP contribution in [-0.2, 0) is 17.9 Å². The molecule has 28 heavy (non-hydrogen) atoms. The number of nitrogens with zero attached hydrogens (tertiary/aromatic N) is 5. The summed E-state index contributed by atoms with van der Waals surface area (Å²) in [7, 11) is 1.84. The van der Waals surface area contributed by atoms with Crippen molar-refractivity contribution >= 4 is 11.9 Å². The van der Waals surface area contributed by atoms with Gasteiger partial charge in [0, 0.05) is 52.2 Å². The van der Waals surface area contributed by atoms with E-state index in [-0.39, 0.29) is 6.10 Å². The molecule has 2 heterocycles. The maximum absolute atomic E-state index is 5.70. The Hall–Kier alpha value is -2.67. The summed E-state index contributed by atoms with van der Waals surface area (Å²) in [5, 5.41) is 3.49. The third-order valence-corrected chi connectivity index (χ3v) is 4.65. The van der Waals surface area contributed by atoms with E-state index in [9.17, 15) is 0 Å². The molecule has 1 aromatic heterocycles. The molecule has 1 N–H and O–H groups in total. The zero-order chi connectivity index (χ0) is 19.8. The number of hydrogen-bond donors (Lipinski definition) is 1. The molecule has 1 aliphatic heterocycles. The molecule has 0 radical (unpaired) electrons. The lowest BCUT2D eigenvalue weighted by molar-refractivity contribution is 0.0657. The minimum absolute atomic E-state index is 0.237. The normalized spacial score (nSPS) is 15.2. The van der Waals surface area contributed by atoms with Crippen LogP contribution in [0.1, 0.15) is 25.0 Å². The van der Waals surface area contributed by atoms with Crippen LogP contribution in [0, 0.1) is 0 Å². The van der Waals surface area contributed by atoms with E-state index >= 15 is 0 Å². The van der Waals surface area contributed by atoms with Crippen molar-refractivity contribution < 1.29 is 4.74 Å². The highest BCUT2D eigenvalue weighted by Crippen LogP contribution is 2.11. The summed E-state index contributed by atoms with van der Waals surface area (Å²) in [5.74, 6) is 1.72. The van der Waals surface area contributed by atoms with Gasteiger partial charge >= 0.3 is 0 Å². The van der Waals surface area contributed by atoms with Gasteiger partial charge in [0.05, 0.1) is 12.7 Å². The molecule has 0 amide bonds. The first-order valence-electron chi connectivity index (χ1n) is 9.82. The van der Waals surface area contributed by atoms with Crippen molar-refractivity contribution in [2.45, 2.75) is 33.1 Å². The molecule has 7 heteroatoms. The lowest BCUT2D eigenvalue weighted by Crippen LogP contribution is -2.52. The van der Waals surface area contributed by atoms with Crippen LogP contribution in [0.2, 0.25) is 0 Å². The monoisotopic (exact) mass is 382 g/mol. The Bertz CT molecular complexity index is 757. The average molecular weight is 383 g/mol. The minimum Gasteiger partial charge on any atom is -0.374 e. The van der Waals surface area contributed by atoms with E-state index in [4.69, 9.17) is 4.74 Å². The summed E-state index contributed by atoms with van der Waals surface area (Å²) in [6.45, 7) is 9.03. The molecule has 1 saturated heterocycles. The van der Waals surface area contributed by atoms with Crippen molar-refractivity contribution in [3.8, 4) is 0 Å². The van der Waals surface area contributed by atoms with E-state index in [0.29, 0.717) is 6.61 Å². The molecule has 150 valence electrons. The summed E-state index contributed by atoms with van der Waals surface area (Å²) >= 11 is 0. The van der Waals surface area contributed by atoms with E-state index in [1.165, 1.54) is 11.1 Å². The van der Waals surface area contributed by atoms with Crippen LogP contribution < -0.4 is 10.2 Å². The van der Waals surface area contributed by atoms with Crippen LogP contribution in [0.15, 0.2) is 47.7 Å². The number of rotatable bonds is 6. The fraction of sp³-hybridized carbons (Fsp3) is 0.476. The number of guanidine groups is 1. The van der Waals surface area contributed by atoms with Gasteiger partial charge in [0.2, 0.25) is 5.95 Å². The lowest BCUT2D eigenvalue weighted by Gasteiger charge is -2.36. The first kappa shape index (κ1) is 20.1. The lowest BCUT2D eigenvalue weighted by atomic mass is 10.1. The summed E-state index contributed by atoms with van der Waals surface area (Å²) in [5.41, 5.74) is 2.42. The number of aromatic nitrogens is 2. The largest absolute Gasteiger partial charge is 0.374 e. The van der Waals surface area contributed by atoms with Gasteiger partial charge in [-0.3, -0.25) is 4.99 Å². The smallest absolute Gasteiger partial charge is 0.225 e. The van der Waals surface area contributed by atoms with Gasteiger partial charge in [-0.2, -0.15) is 0 Å². The van der Waals surface area contributed by atoms with Gasteiger partial charge in [0.1, 0.15) is 0 Å². The second kappa shape index (κ2) is 10.0. The second-order valence-electron chi connectivity index (χ2n) is 7.10. The maximum Gasteiger partial charge on any atom is 0.225 e. The van der Waals surface area contributed by atoms with Crippen LogP contribution in [0.3, 0.4) is 0 Å². The predicted octanol–water partition coefficient (Wildman–Crippen LogP) is 2.30. The molecule has 0 unspecified atom stereocenters. The number of anilines is 1. The predicted molar refractivity (Wildman–Crippen MR) is 112 cm³/mol. The molecule has 0 aliphatic carbocycles. The van der Waals surface area contributed by atoms with E-state index in [0.717, 1.165) is 44.6 Å². The summed E-state index contributed by atoms with van der Waals surface area (Å²) in [4.78, 5) is 17.6. The molecule has 3 rings (SSSR count). The SMILES string of the molecule is CN=C(NCc1cccc(COC(C)C)c1)N1CCN(c2ncccn2)CC1. The van der Waals surface area contributed by atoms with Gasteiger partial charge in [0.25, 0.3) is 0 Å². The van der Waals surface area contributed by atoms with Crippen molar-refractivity contribution in [1.29, 1.82) is 0 Å². The Morgan fingerprint density at radius 2 is 1.82 bits per heavy atom. The Morgan fingerprint density at radius 3 is 2.50 bits per heavy atom. The molecule has 2 aromatic rings. The van der Waals surface area contributed by atoms with Gasteiger partial charge in [-0.25, -0.2) is 9.97 Å². The van der Waals surface area contributed by atoms with Crippen molar-refractivity contribution in [3.63, 3.8) is 0 Å². The molecule has 1 aliphatic rings. The number of nitrogens with one attached hydrogen (secondary N) is 1. The molecule has 1 fully saturated rings. The topological polar surface area (TPSA) is 65.9 Å². The van der Waals surface area contributed by atoms with E-state index in [1.807, 2.05) is 13.1 Å². The van der Waals surface area contributed by atoms with Crippen molar-refractivity contribution in [2.75, 3.05) is 38.1 Å². The minimum atomic E-state index is 0.237. The number of ether oxygens (including phenoxy) is 1. The number of aliphatic imine (C=N–C) groups is 1. The molecule has 0 atom stereocenters. The second-order valence-corrected chi connectivity index (χ2v) is 7.10. The van der Waals surface area contributed by atoms with Crippen molar-refractivity contribution in [1.82, 2.24) is 20.2 Å². The fourth-order valence-corrected chi connectivity index (χ4v) is 3.18. The van der Waals surface area contributed by atoms with E-state index < -0.39 is 0 Å². The third kappa shape index (κ3) is 5.66. The first-order valence-corrected chi connectivity index (χ1v) is 9.82. The van der Waals surface area contributed by atoms with Crippen LogP contribution in [-0.4, -0.2) is 60.2 Å². The molecular weight excluding hydrogens is 352 g/mol. The fourth-order valence-electron chi connectivity index (χ4n) is 3.18. The maximum atomic E-state index is 5.70. The number of hydrogen-bond acceptors (Lipinski definition) is 5. The molecule has 0 bridgehead atoms. The van der Waals surface area contributed by atoms with E-state index in [2.05, 4.69) is 68.2 Å². The summed E-state index contributed by atoms with van der Waals surface area (Å²) in [6.07, 6.45) is 3.81. The van der Waals surface area contributed by atoms with Crippen molar-refractivity contribution in [2.24, 2.45) is 4.99 Å². The van der Waals surface area contributed by atoms with Gasteiger partial charge in [-0.15, -0.1) is 0 Å². The highest BCUT2D eigenvalue weighted by atomic mass is 16.5. The van der Waals surface area contributed by atoms with Crippen LogP contribution in [0.25, 0.3) is 0 Å². The third-order valence-electron chi connectivity index (χ3n) is 4.65. The average Bonchev–Trinajstić information content (AvgIpc) is 2.74. The molecule has 7 nitrogen and oxygen atoms in total. The quantitative estimate of drug-likeness (QED) is 0.611. The Morgan fingerprint density at radius 1 is 1.11 bits per heavy atom. The van der Waals surface area contributed by atoms with Gasteiger partial charge in [0.15, 0.2) is 5.96 Å². The Balaban J connectivity index is 1.51. The molecule has 0 saturated carbocycles. The van der Waals surface area contributed by atoms with Crippen molar-refractivity contribution in [3.05, 3.63) is 53.9 Å². The van der Waals surface area contributed by atoms with Gasteiger partial charge in [-0.05, 0) is 31.0 Å². The van der Waals surface area contributed by atoms with E-state index in [1.54, 1.807) is 12.4 Å².